The lowest BCUT2D eigenvalue weighted by Gasteiger charge is -2.27. The summed E-state index contributed by atoms with van der Waals surface area (Å²) >= 11 is 0. The largest absolute Gasteiger partial charge is 0.394 e. The molecule has 0 spiro atoms. The molecule has 1 fully saturated rings. The van der Waals surface area contributed by atoms with Gasteiger partial charge in [0.05, 0.1) is 12.0 Å². The molecule has 2 unspecified atom stereocenters. The molecule has 1 saturated heterocycles. The van der Waals surface area contributed by atoms with Gasteiger partial charge in [0.25, 0.3) is 0 Å². The van der Waals surface area contributed by atoms with Crippen LogP contribution < -0.4 is 5.73 Å². The van der Waals surface area contributed by atoms with Crippen LogP contribution in [-0.2, 0) is 4.74 Å². The van der Waals surface area contributed by atoms with Crippen LogP contribution in [0, 0.1) is 0 Å². The van der Waals surface area contributed by atoms with Gasteiger partial charge in [-0.2, -0.15) is 0 Å². The Hall–Kier alpha value is -2.00. The maximum Gasteiger partial charge on any atom is 0.167 e. The first-order chi connectivity index (χ1) is 10.4. The van der Waals surface area contributed by atoms with Crippen molar-refractivity contribution < 1.29 is 20.1 Å². The highest BCUT2D eigenvalue weighted by atomic mass is 16.6. The molecule has 0 radical (unpaired) electrons. The third kappa shape index (κ3) is 1.92. The first-order valence-electron chi connectivity index (χ1n) is 6.82. The average molecular weight is 306 g/mol. The van der Waals surface area contributed by atoms with E-state index in [1.54, 1.807) is 16.8 Å². The predicted octanol–water partition coefficient (Wildman–Crippen LogP) is -0.342. The van der Waals surface area contributed by atoms with Crippen molar-refractivity contribution >= 4 is 22.9 Å². The number of hydrogen-bond donors (Lipinski definition) is 4. The summed E-state index contributed by atoms with van der Waals surface area (Å²) in [6.45, 7) is 4.77. The van der Waals surface area contributed by atoms with Gasteiger partial charge in [0.1, 0.15) is 35.6 Å². The van der Waals surface area contributed by atoms with E-state index in [1.807, 2.05) is 0 Å². The SMILES string of the molecule is C=Cc1cn(C2OC(CO)[C@@H](O)[C@@]2(C)O)c2ncnc(N)c12. The summed E-state index contributed by atoms with van der Waals surface area (Å²) in [6.07, 6.45) is 1.54. The number of aliphatic hydroxyl groups excluding tert-OH is 2. The van der Waals surface area contributed by atoms with E-state index in [0.29, 0.717) is 16.6 Å². The molecule has 2 aromatic rings. The van der Waals surface area contributed by atoms with E-state index >= 15 is 0 Å². The first-order valence-corrected chi connectivity index (χ1v) is 6.82. The third-order valence-electron chi connectivity index (χ3n) is 4.08. The fraction of sp³-hybridized carbons (Fsp3) is 0.429. The van der Waals surface area contributed by atoms with Crippen LogP contribution in [0.4, 0.5) is 5.82 Å². The Morgan fingerprint density at radius 1 is 1.55 bits per heavy atom. The summed E-state index contributed by atoms with van der Waals surface area (Å²) in [6, 6.07) is 0. The van der Waals surface area contributed by atoms with Crippen LogP contribution >= 0.6 is 0 Å². The van der Waals surface area contributed by atoms with Crippen LogP contribution in [0.5, 0.6) is 0 Å². The van der Waals surface area contributed by atoms with Crippen molar-refractivity contribution in [3.63, 3.8) is 0 Å². The lowest BCUT2D eigenvalue weighted by molar-refractivity contribution is -0.0948. The Kier molecular flexibility index (Phi) is 3.41. The second-order valence-corrected chi connectivity index (χ2v) is 5.53. The molecule has 22 heavy (non-hydrogen) atoms. The van der Waals surface area contributed by atoms with Crippen LogP contribution in [0.25, 0.3) is 17.1 Å². The second kappa shape index (κ2) is 5.03. The molecule has 1 aliphatic heterocycles. The summed E-state index contributed by atoms with van der Waals surface area (Å²) in [5.74, 6) is 0.288. The highest BCUT2D eigenvalue weighted by molar-refractivity contribution is 5.94. The van der Waals surface area contributed by atoms with Crippen molar-refractivity contribution in [2.24, 2.45) is 0 Å². The van der Waals surface area contributed by atoms with Crippen LogP contribution in [0.3, 0.4) is 0 Å². The zero-order valence-electron chi connectivity index (χ0n) is 12.0. The predicted molar refractivity (Wildman–Crippen MR) is 79.7 cm³/mol. The van der Waals surface area contributed by atoms with E-state index in [4.69, 9.17) is 10.5 Å². The van der Waals surface area contributed by atoms with Gasteiger partial charge in [0.2, 0.25) is 0 Å². The molecule has 0 bridgehead atoms. The van der Waals surface area contributed by atoms with Gasteiger partial charge in [-0.15, -0.1) is 0 Å². The van der Waals surface area contributed by atoms with E-state index in [-0.39, 0.29) is 5.82 Å². The lowest BCUT2D eigenvalue weighted by atomic mass is 9.96. The molecule has 5 N–H and O–H groups in total. The van der Waals surface area contributed by atoms with E-state index in [1.165, 1.54) is 13.3 Å². The number of aromatic nitrogens is 3. The quantitative estimate of drug-likeness (QED) is 0.611. The number of nitrogens with two attached hydrogens (primary N) is 1. The Morgan fingerprint density at radius 3 is 2.86 bits per heavy atom. The molecule has 0 aromatic carbocycles. The Labute approximate surface area is 126 Å². The zero-order chi connectivity index (χ0) is 16.1. The number of nitrogens with zero attached hydrogens (tertiary/aromatic N) is 3. The van der Waals surface area contributed by atoms with Gasteiger partial charge in [-0.05, 0) is 6.92 Å². The van der Waals surface area contributed by atoms with Gasteiger partial charge in [0.15, 0.2) is 6.23 Å². The van der Waals surface area contributed by atoms with Crippen LogP contribution in [0.2, 0.25) is 0 Å². The molecule has 3 heterocycles. The van der Waals surface area contributed by atoms with Crippen molar-refractivity contribution in [2.45, 2.75) is 31.0 Å². The summed E-state index contributed by atoms with van der Waals surface area (Å²) in [5, 5.41) is 30.6. The molecule has 2 aromatic heterocycles. The van der Waals surface area contributed by atoms with Crippen molar-refractivity contribution in [1.29, 1.82) is 0 Å². The van der Waals surface area contributed by atoms with Crippen molar-refractivity contribution in [2.75, 3.05) is 12.3 Å². The summed E-state index contributed by atoms with van der Waals surface area (Å²) in [5.41, 5.74) is 5.43. The smallest absolute Gasteiger partial charge is 0.167 e. The van der Waals surface area contributed by atoms with Crippen LogP contribution in [-0.4, -0.2) is 54.3 Å². The fourth-order valence-electron chi connectivity index (χ4n) is 2.86. The normalized spacial score (nSPS) is 31.7. The number of aliphatic hydroxyl groups is 3. The molecule has 0 aliphatic carbocycles. The zero-order valence-corrected chi connectivity index (χ0v) is 12.0. The fourth-order valence-corrected chi connectivity index (χ4v) is 2.86. The van der Waals surface area contributed by atoms with Gasteiger partial charge in [-0.1, -0.05) is 12.7 Å². The molecule has 8 nitrogen and oxygen atoms in total. The summed E-state index contributed by atoms with van der Waals surface area (Å²) in [7, 11) is 0. The van der Waals surface area contributed by atoms with Gasteiger partial charge in [-0.3, -0.25) is 0 Å². The standard InChI is InChI=1S/C14H18N4O4/c1-3-7-4-18(12-9(7)11(15)16-6-17-12)13-14(2,21)10(20)8(5-19)22-13/h3-4,6,8,10,13,19-21H,1,5H2,2H3,(H2,15,16,17)/t8?,10-,13?,14-/m1/s1. The maximum atomic E-state index is 10.6. The van der Waals surface area contributed by atoms with Gasteiger partial charge >= 0.3 is 0 Å². The highest BCUT2D eigenvalue weighted by Gasteiger charge is 2.53. The molecule has 8 heteroatoms. The van der Waals surface area contributed by atoms with E-state index in [9.17, 15) is 15.3 Å². The lowest BCUT2D eigenvalue weighted by Crippen LogP contribution is -2.44. The third-order valence-corrected chi connectivity index (χ3v) is 4.08. The summed E-state index contributed by atoms with van der Waals surface area (Å²) in [4.78, 5) is 8.14. The van der Waals surface area contributed by atoms with Crippen molar-refractivity contribution in [1.82, 2.24) is 14.5 Å². The molecule has 118 valence electrons. The Morgan fingerprint density at radius 2 is 2.27 bits per heavy atom. The van der Waals surface area contributed by atoms with Gasteiger partial charge in [-0.25, -0.2) is 9.97 Å². The monoisotopic (exact) mass is 306 g/mol. The van der Waals surface area contributed by atoms with Crippen molar-refractivity contribution in [3.8, 4) is 0 Å². The minimum atomic E-state index is -1.60. The Bertz CT molecular complexity index is 727. The molecular formula is C14H18N4O4. The molecular weight excluding hydrogens is 288 g/mol. The number of ether oxygens (including phenoxy) is 1. The Balaban J connectivity index is 2.19. The maximum absolute atomic E-state index is 10.6. The molecule has 4 atom stereocenters. The van der Waals surface area contributed by atoms with Gasteiger partial charge < -0.3 is 30.4 Å². The average Bonchev–Trinajstić information content (AvgIpc) is 2.97. The van der Waals surface area contributed by atoms with Crippen LogP contribution in [0.15, 0.2) is 19.1 Å². The van der Waals surface area contributed by atoms with Crippen molar-refractivity contribution in [3.05, 3.63) is 24.7 Å². The van der Waals surface area contributed by atoms with Crippen LogP contribution in [0.1, 0.15) is 18.7 Å². The number of anilines is 1. The molecule has 1 aliphatic rings. The first kappa shape index (κ1) is 14.9. The number of fused-ring (bicyclic) bond motifs is 1. The minimum Gasteiger partial charge on any atom is -0.394 e. The van der Waals surface area contributed by atoms with E-state index in [2.05, 4.69) is 16.5 Å². The van der Waals surface area contributed by atoms with Gasteiger partial charge in [0, 0.05) is 11.8 Å². The summed E-state index contributed by atoms with van der Waals surface area (Å²) < 4.78 is 7.18. The van der Waals surface area contributed by atoms with E-state index < -0.39 is 30.6 Å². The molecule has 0 saturated carbocycles. The topological polar surface area (TPSA) is 127 Å². The molecule has 0 amide bonds. The molecule has 3 rings (SSSR count). The number of nitrogen functional groups attached to an aromatic ring is 1. The number of hydrogen-bond acceptors (Lipinski definition) is 7. The van der Waals surface area contributed by atoms with E-state index in [0.717, 1.165) is 0 Å². The second-order valence-electron chi connectivity index (χ2n) is 5.53. The highest BCUT2D eigenvalue weighted by Crippen LogP contribution is 2.40. The minimum absolute atomic E-state index is 0.288. The number of rotatable bonds is 3.